The second-order valence-electron chi connectivity index (χ2n) is 6.59. The molecule has 0 aliphatic heterocycles. The summed E-state index contributed by atoms with van der Waals surface area (Å²) >= 11 is 0. The topological polar surface area (TPSA) is 116 Å². The number of ether oxygens (including phenoxy) is 3. The lowest BCUT2D eigenvalue weighted by Crippen LogP contribution is -2.41. The maximum Gasteiger partial charge on any atom is 0.331 e. The largest absolute Gasteiger partial charge is 0.490 e. The van der Waals surface area contributed by atoms with Crippen LogP contribution in [-0.4, -0.2) is 37.7 Å². The van der Waals surface area contributed by atoms with Crippen LogP contribution in [-0.2, 0) is 20.9 Å². The molecule has 9 heteroatoms. The van der Waals surface area contributed by atoms with E-state index in [9.17, 15) is 14.4 Å². The van der Waals surface area contributed by atoms with E-state index in [4.69, 9.17) is 18.6 Å². The third-order valence-electron chi connectivity index (χ3n) is 4.04. The second kappa shape index (κ2) is 13.5. The molecular weight excluding hydrogens is 416 g/mol. The minimum Gasteiger partial charge on any atom is -0.490 e. The molecular formula is C23H28N2O7. The molecule has 1 heterocycles. The Kier molecular flexibility index (Phi) is 10.4. The van der Waals surface area contributed by atoms with E-state index >= 15 is 0 Å². The molecule has 0 saturated heterocycles. The summed E-state index contributed by atoms with van der Waals surface area (Å²) in [5, 5.41) is 4.50. The first-order chi connectivity index (χ1) is 15.5. The molecule has 172 valence electrons. The van der Waals surface area contributed by atoms with Crippen molar-refractivity contribution < 1.29 is 33.0 Å². The summed E-state index contributed by atoms with van der Waals surface area (Å²) in [5.41, 5.74) is 0.704. The van der Waals surface area contributed by atoms with Crippen LogP contribution in [0.25, 0.3) is 6.08 Å². The third kappa shape index (κ3) is 8.95. The molecule has 0 atom stereocenters. The van der Waals surface area contributed by atoms with Gasteiger partial charge in [-0.05, 0) is 49.2 Å². The predicted molar refractivity (Wildman–Crippen MR) is 117 cm³/mol. The number of benzene rings is 1. The number of unbranched alkanes of at least 4 members (excludes halogenated alkanes) is 1. The van der Waals surface area contributed by atoms with Gasteiger partial charge in [0.05, 0.1) is 26.0 Å². The van der Waals surface area contributed by atoms with E-state index in [2.05, 4.69) is 17.6 Å². The molecule has 2 N–H and O–H groups in total. The molecule has 0 radical (unpaired) electrons. The van der Waals surface area contributed by atoms with E-state index in [-0.39, 0.29) is 6.54 Å². The van der Waals surface area contributed by atoms with Gasteiger partial charge in [0.15, 0.2) is 18.1 Å². The maximum atomic E-state index is 11.9. The summed E-state index contributed by atoms with van der Waals surface area (Å²) in [6.07, 6.45) is 6.17. The summed E-state index contributed by atoms with van der Waals surface area (Å²) in [6.45, 7) is 4.57. The summed E-state index contributed by atoms with van der Waals surface area (Å²) in [6, 6.07) is 7.96. The number of urea groups is 1. The highest BCUT2D eigenvalue weighted by Gasteiger charge is 2.10. The van der Waals surface area contributed by atoms with Crippen LogP contribution in [0.4, 0.5) is 4.79 Å². The van der Waals surface area contributed by atoms with Crippen molar-refractivity contribution in [1.29, 1.82) is 0 Å². The molecule has 3 amide bonds. The van der Waals surface area contributed by atoms with Gasteiger partial charge in [0.25, 0.3) is 5.91 Å². The molecule has 2 rings (SSSR count). The van der Waals surface area contributed by atoms with E-state index in [1.54, 1.807) is 30.3 Å². The quantitative estimate of drug-likeness (QED) is 0.293. The van der Waals surface area contributed by atoms with Crippen molar-refractivity contribution in [3.63, 3.8) is 0 Å². The van der Waals surface area contributed by atoms with Crippen LogP contribution in [0.5, 0.6) is 11.5 Å². The fourth-order valence-corrected chi connectivity index (χ4v) is 2.48. The van der Waals surface area contributed by atoms with Crippen molar-refractivity contribution in [2.75, 3.05) is 19.8 Å². The van der Waals surface area contributed by atoms with Gasteiger partial charge < -0.3 is 23.9 Å². The van der Waals surface area contributed by atoms with Gasteiger partial charge >= 0.3 is 12.0 Å². The van der Waals surface area contributed by atoms with E-state index < -0.39 is 24.5 Å². The third-order valence-corrected chi connectivity index (χ3v) is 4.04. The number of hydrogen-bond acceptors (Lipinski definition) is 7. The van der Waals surface area contributed by atoms with Gasteiger partial charge in [0, 0.05) is 6.08 Å². The second-order valence-corrected chi connectivity index (χ2v) is 6.59. The Morgan fingerprint density at radius 3 is 2.66 bits per heavy atom. The van der Waals surface area contributed by atoms with Crippen molar-refractivity contribution in [3.8, 4) is 11.5 Å². The van der Waals surface area contributed by atoms with Crippen molar-refractivity contribution in [2.24, 2.45) is 0 Å². The summed E-state index contributed by atoms with van der Waals surface area (Å²) in [4.78, 5) is 35.2. The molecule has 2 aromatic rings. The zero-order chi connectivity index (χ0) is 23.2. The Bertz CT molecular complexity index is 907. The molecule has 0 aliphatic rings. The first-order valence-corrected chi connectivity index (χ1v) is 10.4. The number of carbonyl (C=O) groups excluding carboxylic acids is 3. The van der Waals surface area contributed by atoms with E-state index in [0.29, 0.717) is 36.0 Å². The van der Waals surface area contributed by atoms with Crippen LogP contribution in [0.1, 0.15) is 38.0 Å². The normalized spacial score (nSPS) is 10.6. The Labute approximate surface area is 186 Å². The fourth-order valence-electron chi connectivity index (χ4n) is 2.48. The Morgan fingerprint density at radius 2 is 1.94 bits per heavy atom. The molecule has 0 spiro atoms. The number of rotatable bonds is 12. The minimum absolute atomic E-state index is 0.126. The van der Waals surface area contributed by atoms with E-state index in [0.717, 1.165) is 12.8 Å². The summed E-state index contributed by atoms with van der Waals surface area (Å²) in [7, 11) is 0. The van der Waals surface area contributed by atoms with Crippen molar-refractivity contribution in [1.82, 2.24) is 10.6 Å². The lowest BCUT2D eigenvalue weighted by molar-refractivity contribution is -0.143. The number of imide groups is 1. The van der Waals surface area contributed by atoms with Gasteiger partial charge in [-0.3, -0.25) is 10.1 Å². The maximum absolute atomic E-state index is 11.9. The van der Waals surface area contributed by atoms with Gasteiger partial charge in [-0.2, -0.15) is 0 Å². The molecule has 1 aromatic heterocycles. The lowest BCUT2D eigenvalue weighted by atomic mass is 10.2. The van der Waals surface area contributed by atoms with Crippen molar-refractivity contribution in [3.05, 3.63) is 54.0 Å². The Hall–Kier alpha value is -3.75. The number of hydrogen-bond donors (Lipinski definition) is 2. The van der Waals surface area contributed by atoms with Crippen LogP contribution in [0.15, 0.2) is 47.1 Å². The lowest BCUT2D eigenvalue weighted by Gasteiger charge is -2.12. The van der Waals surface area contributed by atoms with Gasteiger partial charge in [0.1, 0.15) is 5.76 Å². The molecule has 1 aromatic carbocycles. The van der Waals surface area contributed by atoms with Crippen molar-refractivity contribution in [2.45, 2.75) is 33.2 Å². The molecule has 0 unspecified atom stereocenters. The molecule has 0 fully saturated rings. The molecule has 0 aliphatic carbocycles. The zero-order valence-corrected chi connectivity index (χ0v) is 18.2. The molecule has 0 saturated carbocycles. The monoisotopic (exact) mass is 444 g/mol. The molecule has 32 heavy (non-hydrogen) atoms. The fraction of sp³-hybridized carbons (Fsp3) is 0.348. The van der Waals surface area contributed by atoms with Crippen LogP contribution in [0.3, 0.4) is 0 Å². The molecule has 0 bridgehead atoms. The first kappa shape index (κ1) is 24.5. The number of nitrogens with one attached hydrogen (secondary N) is 2. The first-order valence-electron chi connectivity index (χ1n) is 10.4. The van der Waals surface area contributed by atoms with E-state index in [1.165, 1.54) is 18.4 Å². The number of esters is 1. The number of amides is 3. The highest BCUT2D eigenvalue weighted by atomic mass is 16.5. The molecule has 9 nitrogen and oxygen atoms in total. The van der Waals surface area contributed by atoms with Gasteiger partial charge in [-0.1, -0.05) is 19.4 Å². The van der Waals surface area contributed by atoms with Gasteiger partial charge in [-0.25, -0.2) is 9.59 Å². The van der Waals surface area contributed by atoms with Crippen LogP contribution in [0.2, 0.25) is 0 Å². The average molecular weight is 444 g/mol. The highest BCUT2D eigenvalue weighted by molar-refractivity contribution is 5.96. The van der Waals surface area contributed by atoms with Crippen LogP contribution >= 0.6 is 0 Å². The highest BCUT2D eigenvalue weighted by Crippen LogP contribution is 2.29. The smallest absolute Gasteiger partial charge is 0.331 e. The van der Waals surface area contributed by atoms with Gasteiger partial charge in [-0.15, -0.1) is 0 Å². The number of carbonyl (C=O) groups is 3. The zero-order valence-electron chi connectivity index (χ0n) is 18.2. The van der Waals surface area contributed by atoms with Crippen LogP contribution in [0, 0.1) is 0 Å². The summed E-state index contributed by atoms with van der Waals surface area (Å²) < 4.78 is 21.2. The minimum atomic E-state index is -0.754. The Balaban J connectivity index is 1.78. The Morgan fingerprint density at radius 1 is 1.09 bits per heavy atom. The average Bonchev–Trinajstić information content (AvgIpc) is 3.30. The van der Waals surface area contributed by atoms with Crippen molar-refractivity contribution >= 4 is 24.0 Å². The standard InChI is InChI=1S/C23H28N2O7/c1-3-5-12-31-19-10-8-17(14-20(19)29-4-2)9-11-22(27)32-16-21(26)25-23(28)24-15-18-7-6-13-30-18/h6-11,13-14H,3-5,12,15-16H2,1-2H3,(H2,24,25,26,28)/b11-9+. The van der Waals surface area contributed by atoms with Crippen LogP contribution < -0.4 is 20.1 Å². The SMILES string of the molecule is CCCCOc1ccc(/C=C/C(=O)OCC(=O)NC(=O)NCc2ccco2)cc1OCC. The van der Waals surface area contributed by atoms with Gasteiger partial charge in [0.2, 0.25) is 0 Å². The van der Waals surface area contributed by atoms with E-state index in [1.807, 2.05) is 6.92 Å². The number of furan rings is 1. The summed E-state index contributed by atoms with van der Waals surface area (Å²) in [5.74, 6) is 0.284. The predicted octanol–water partition coefficient (Wildman–Crippen LogP) is 3.44.